The number of rotatable bonds is 10. The van der Waals surface area contributed by atoms with Gasteiger partial charge in [0.05, 0.1) is 12.5 Å². The highest BCUT2D eigenvalue weighted by Gasteiger charge is 2.37. The predicted octanol–water partition coefficient (Wildman–Crippen LogP) is 5.42. The van der Waals surface area contributed by atoms with Crippen molar-refractivity contribution in [3.8, 4) is 5.75 Å². The molecular weight excluding hydrogens is 426 g/mol. The maximum absolute atomic E-state index is 13.2. The van der Waals surface area contributed by atoms with E-state index in [4.69, 9.17) is 9.47 Å². The summed E-state index contributed by atoms with van der Waals surface area (Å²) in [6, 6.07) is 17.5. The Kier molecular flexibility index (Phi) is 8.62. The average molecular weight is 464 g/mol. The number of esters is 1. The van der Waals surface area contributed by atoms with E-state index in [-0.39, 0.29) is 24.9 Å². The molecule has 1 heterocycles. The lowest BCUT2D eigenvalue weighted by atomic mass is 9.82. The predicted molar refractivity (Wildman–Crippen MR) is 132 cm³/mol. The third kappa shape index (κ3) is 6.62. The van der Waals surface area contributed by atoms with E-state index in [2.05, 4.69) is 6.92 Å². The van der Waals surface area contributed by atoms with Gasteiger partial charge in [-0.25, -0.2) is 0 Å². The Bertz CT molecular complexity index is 913. The van der Waals surface area contributed by atoms with E-state index >= 15 is 0 Å². The summed E-state index contributed by atoms with van der Waals surface area (Å²) >= 11 is 0. The number of amides is 1. The smallest absolute Gasteiger partial charge is 0.310 e. The Hall–Kier alpha value is -2.82. The number of carbonyl (C=O) groups excluding carboxylic acids is 2. The van der Waals surface area contributed by atoms with Gasteiger partial charge in [0.25, 0.3) is 0 Å². The largest absolute Gasteiger partial charge is 0.494 e. The third-order valence-electron chi connectivity index (χ3n) is 7.19. The fourth-order valence-electron chi connectivity index (χ4n) is 5.26. The number of benzene rings is 2. The zero-order valence-corrected chi connectivity index (χ0v) is 20.3. The lowest BCUT2D eigenvalue weighted by molar-refractivity contribution is -0.152. The number of hydrogen-bond donors (Lipinski definition) is 0. The van der Waals surface area contributed by atoms with Crippen LogP contribution in [-0.2, 0) is 27.4 Å². The summed E-state index contributed by atoms with van der Waals surface area (Å²) in [5, 5.41) is 0. The number of hydrogen-bond acceptors (Lipinski definition) is 4. The lowest BCUT2D eigenvalue weighted by Crippen LogP contribution is -2.33. The molecule has 2 aliphatic rings. The van der Waals surface area contributed by atoms with E-state index < -0.39 is 5.92 Å². The van der Waals surface area contributed by atoms with Gasteiger partial charge in [0.15, 0.2) is 0 Å². The quantitative estimate of drug-likeness (QED) is 0.442. The van der Waals surface area contributed by atoms with Crippen LogP contribution in [-0.4, -0.2) is 36.5 Å². The highest BCUT2D eigenvalue weighted by atomic mass is 16.5. The average Bonchev–Trinajstić information content (AvgIpc) is 3.32. The van der Waals surface area contributed by atoms with Gasteiger partial charge in [0.1, 0.15) is 12.4 Å². The zero-order chi connectivity index (χ0) is 23.8. The minimum absolute atomic E-state index is 0.0824. The molecule has 1 aliphatic heterocycles. The maximum atomic E-state index is 13.2. The van der Waals surface area contributed by atoms with E-state index in [9.17, 15) is 9.59 Å². The molecule has 34 heavy (non-hydrogen) atoms. The van der Waals surface area contributed by atoms with Crippen molar-refractivity contribution >= 4 is 11.9 Å². The van der Waals surface area contributed by atoms with E-state index in [1.165, 1.54) is 25.7 Å². The van der Waals surface area contributed by atoms with Gasteiger partial charge in [-0.15, -0.1) is 0 Å². The molecule has 2 aromatic rings. The summed E-state index contributed by atoms with van der Waals surface area (Å²) in [5.74, 6) is 1.37. The molecule has 2 aromatic carbocycles. The van der Waals surface area contributed by atoms with Gasteiger partial charge in [0, 0.05) is 19.5 Å². The molecule has 0 spiro atoms. The van der Waals surface area contributed by atoms with Crippen molar-refractivity contribution in [1.82, 2.24) is 4.90 Å². The monoisotopic (exact) mass is 463 g/mol. The fourth-order valence-corrected chi connectivity index (χ4v) is 5.26. The van der Waals surface area contributed by atoms with Gasteiger partial charge in [-0.2, -0.15) is 0 Å². The highest BCUT2D eigenvalue weighted by molar-refractivity contribution is 5.83. The van der Waals surface area contributed by atoms with Crippen LogP contribution < -0.4 is 4.74 Å². The first-order valence-corrected chi connectivity index (χ1v) is 12.8. The van der Waals surface area contributed by atoms with Gasteiger partial charge >= 0.3 is 5.97 Å². The Balaban J connectivity index is 1.40. The van der Waals surface area contributed by atoms with E-state index in [1.807, 2.05) is 59.5 Å². The van der Waals surface area contributed by atoms with E-state index in [1.54, 1.807) is 0 Å². The van der Waals surface area contributed by atoms with Crippen LogP contribution in [0.1, 0.15) is 56.6 Å². The summed E-state index contributed by atoms with van der Waals surface area (Å²) in [6.45, 7) is 4.67. The van der Waals surface area contributed by atoms with Gasteiger partial charge in [-0.05, 0) is 60.8 Å². The fraction of sp³-hybridized carbons (Fsp3) is 0.517. The van der Waals surface area contributed by atoms with Crippen LogP contribution >= 0.6 is 0 Å². The molecule has 1 aliphatic carbocycles. The highest BCUT2D eigenvalue weighted by Crippen LogP contribution is 2.36. The summed E-state index contributed by atoms with van der Waals surface area (Å²) in [7, 11) is 0. The van der Waals surface area contributed by atoms with Gasteiger partial charge in [0.2, 0.25) is 5.91 Å². The summed E-state index contributed by atoms with van der Waals surface area (Å²) in [4.78, 5) is 28.4. The molecule has 182 valence electrons. The van der Waals surface area contributed by atoms with Crippen LogP contribution in [0.5, 0.6) is 5.75 Å². The van der Waals surface area contributed by atoms with Crippen LogP contribution in [0, 0.1) is 17.8 Å². The molecule has 3 atom stereocenters. The number of fused-ring (bicyclic) bond motifs is 1. The van der Waals surface area contributed by atoms with Crippen molar-refractivity contribution in [2.45, 2.75) is 58.5 Å². The molecule has 1 saturated carbocycles. The van der Waals surface area contributed by atoms with Gasteiger partial charge in [-0.1, -0.05) is 62.2 Å². The summed E-state index contributed by atoms with van der Waals surface area (Å²) < 4.78 is 11.3. The topological polar surface area (TPSA) is 55.8 Å². The molecule has 0 aromatic heterocycles. The van der Waals surface area contributed by atoms with E-state index in [0.29, 0.717) is 24.9 Å². The Morgan fingerprint density at radius 2 is 1.62 bits per heavy atom. The molecule has 2 fully saturated rings. The first kappa shape index (κ1) is 24.3. The van der Waals surface area contributed by atoms with Crippen molar-refractivity contribution in [1.29, 1.82) is 0 Å². The molecule has 0 N–H and O–H groups in total. The number of likely N-dealkylation sites (tertiary alicyclic amines) is 1. The van der Waals surface area contributed by atoms with Crippen LogP contribution in [0.3, 0.4) is 0 Å². The molecule has 1 unspecified atom stereocenters. The van der Waals surface area contributed by atoms with Gasteiger partial charge < -0.3 is 14.4 Å². The first-order chi connectivity index (χ1) is 16.6. The van der Waals surface area contributed by atoms with E-state index in [0.717, 1.165) is 36.4 Å². The molecule has 5 nitrogen and oxygen atoms in total. The first-order valence-electron chi connectivity index (χ1n) is 12.8. The second-order valence-electron chi connectivity index (χ2n) is 9.79. The van der Waals surface area contributed by atoms with Crippen LogP contribution in [0.15, 0.2) is 54.6 Å². The zero-order valence-electron chi connectivity index (χ0n) is 20.3. The molecule has 5 heteroatoms. The standard InChI is InChI=1S/C29H37NO4/c1-2-16-33-27-14-12-22(13-15-27)17-26(29(32)34-21-23-8-4-3-5-9-23)18-28(31)30-19-24-10-6-7-11-25(24)20-30/h3-5,8-9,12-15,24-26H,2,6-7,10-11,16-21H2,1H3/t24-,25+,26?. The summed E-state index contributed by atoms with van der Waals surface area (Å²) in [5.41, 5.74) is 1.95. The Morgan fingerprint density at radius 3 is 2.26 bits per heavy atom. The Morgan fingerprint density at radius 1 is 0.941 bits per heavy atom. The molecule has 1 amide bonds. The molecule has 4 rings (SSSR count). The molecule has 1 saturated heterocycles. The van der Waals surface area contributed by atoms with Crippen LogP contribution in [0.25, 0.3) is 0 Å². The second-order valence-corrected chi connectivity index (χ2v) is 9.79. The SMILES string of the molecule is CCCOc1ccc(CC(CC(=O)N2C[C@H]3CCCC[C@H]3C2)C(=O)OCc2ccccc2)cc1. The second kappa shape index (κ2) is 12.0. The summed E-state index contributed by atoms with van der Waals surface area (Å²) in [6.07, 6.45) is 6.63. The lowest BCUT2D eigenvalue weighted by Gasteiger charge is -2.22. The number of carbonyl (C=O) groups is 2. The van der Waals surface area contributed by atoms with Gasteiger partial charge in [-0.3, -0.25) is 9.59 Å². The minimum atomic E-state index is -0.499. The van der Waals surface area contributed by atoms with Crippen molar-refractivity contribution in [2.24, 2.45) is 17.8 Å². The van der Waals surface area contributed by atoms with Crippen molar-refractivity contribution in [3.63, 3.8) is 0 Å². The number of ether oxygens (including phenoxy) is 2. The van der Waals surface area contributed by atoms with Crippen molar-refractivity contribution < 1.29 is 19.1 Å². The minimum Gasteiger partial charge on any atom is -0.494 e. The molecular formula is C29H37NO4. The third-order valence-corrected chi connectivity index (χ3v) is 7.19. The normalized spacial score (nSPS) is 20.4. The molecule has 0 bridgehead atoms. The van der Waals surface area contributed by atoms with Crippen LogP contribution in [0.2, 0.25) is 0 Å². The maximum Gasteiger partial charge on any atom is 0.310 e. The van der Waals surface area contributed by atoms with Crippen molar-refractivity contribution in [2.75, 3.05) is 19.7 Å². The van der Waals surface area contributed by atoms with Crippen LogP contribution in [0.4, 0.5) is 0 Å². The molecule has 0 radical (unpaired) electrons. The van der Waals surface area contributed by atoms with Crippen molar-refractivity contribution in [3.05, 3.63) is 65.7 Å². The Labute approximate surface area is 203 Å². The number of nitrogens with zero attached hydrogens (tertiary/aromatic N) is 1.